The molecule has 0 radical (unpaired) electrons. The Morgan fingerprint density at radius 1 is 0.957 bits per heavy atom. The van der Waals surface area contributed by atoms with Gasteiger partial charge in [-0.25, -0.2) is 17.8 Å². The lowest BCUT2D eigenvalue weighted by molar-refractivity contribution is -0.112. The lowest BCUT2D eigenvalue weighted by Gasteiger charge is -2.16. The first-order valence-corrected chi connectivity index (χ1v) is 16.2. The Kier molecular flexibility index (Phi) is 8.27. The molecule has 0 saturated carbocycles. The van der Waals surface area contributed by atoms with Gasteiger partial charge in [0.2, 0.25) is 10.0 Å². The van der Waals surface area contributed by atoms with E-state index in [4.69, 9.17) is 5.10 Å². The second kappa shape index (κ2) is 12.5. The smallest absolute Gasteiger partial charge is 0.295 e. The van der Waals surface area contributed by atoms with E-state index >= 15 is 0 Å². The van der Waals surface area contributed by atoms with Gasteiger partial charge in [-0.15, -0.1) is 0 Å². The molecule has 2 aromatic heterocycles. The van der Waals surface area contributed by atoms with Gasteiger partial charge >= 0.3 is 0 Å². The number of amides is 1. The van der Waals surface area contributed by atoms with E-state index in [-0.39, 0.29) is 16.2 Å². The van der Waals surface area contributed by atoms with E-state index in [9.17, 15) is 23.3 Å². The number of benzene rings is 3. The summed E-state index contributed by atoms with van der Waals surface area (Å²) in [7, 11) is -1.99. The van der Waals surface area contributed by atoms with E-state index < -0.39 is 21.5 Å². The van der Waals surface area contributed by atoms with Gasteiger partial charge in [-0.05, 0) is 62.2 Å². The average Bonchev–Trinajstić information content (AvgIpc) is 3.82. The molecule has 0 aliphatic carbocycles. The first-order chi connectivity index (χ1) is 22.2. The average molecular weight is 634 g/mol. The van der Waals surface area contributed by atoms with Crippen molar-refractivity contribution in [2.24, 2.45) is 7.05 Å². The molecule has 3 heterocycles. The van der Waals surface area contributed by atoms with Gasteiger partial charge in [0.15, 0.2) is 0 Å². The van der Waals surface area contributed by atoms with Crippen LogP contribution in [0, 0.1) is 18.3 Å². The van der Waals surface area contributed by atoms with E-state index in [0.29, 0.717) is 41.3 Å². The number of hydrogen-bond donors (Lipinski definition) is 1. The number of nitriles is 1. The summed E-state index contributed by atoms with van der Waals surface area (Å²) in [6.45, 7) is 2.65. The van der Waals surface area contributed by atoms with Crippen molar-refractivity contribution in [1.29, 1.82) is 5.26 Å². The van der Waals surface area contributed by atoms with Crippen LogP contribution in [0.25, 0.3) is 28.7 Å². The molecule has 11 nitrogen and oxygen atoms in total. The molecule has 0 atom stereocenters. The second-order valence-electron chi connectivity index (χ2n) is 10.9. The van der Waals surface area contributed by atoms with Gasteiger partial charge in [-0.2, -0.15) is 14.7 Å². The van der Waals surface area contributed by atoms with E-state index in [1.165, 1.54) is 15.1 Å². The fourth-order valence-corrected chi connectivity index (χ4v) is 7.07. The van der Waals surface area contributed by atoms with Crippen molar-refractivity contribution in [1.82, 2.24) is 23.4 Å². The Hall–Kier alpha value is -5.51. The molecule has 1 fully saturated rings. The summed E-state index contributed by atoms with van der Waals surface area (Å²) in [6.07, 6.45) is 4.70. The maximum atomic E-state index is 13.5. The predicted molar refractivity (Wildman–Crippen MR) is 175 cm³/mol. The van der Waals surface area contributed by atoms with Crippen molar-refractivity contribution in [3.63, 3.8) is 0 Å². The highest BCUT2D eigenvalue weighted by Gasteiger charge is 2.28. The summed E-state index contributed by atoms with van der Waals surface area (Å²) in [5.74, 6) is -0.766. The summed E-state index contributed by atoms with van der Waals surface area (Å²) in [5.41, 5.74) is 2.52. The minimum atomic E-state index is -3.70. The zero-order chi connectivity index (χ0) is 32.4. The van der Waals surface area contributed by atoms with Crippen LogP contribution in [0.1, 0.15) is 24.1 Å². The van der Waals surface area contributed by atoms with Crippen LogP contribution in [0.5, 0.6) is 0 Å². The van der Waals surface area contributed by atoms with Crippen molar-refractivity contribution in [2.75, 3.05) is 18.4 Å². The topological polar surface area (TPSA) is 135 Å². The molecule has 0 bridgehead atoms. The molecule has 232 valence electrons. The number of carbonyl (C=O) groups excluding carboxylic acids is 1. The van der Waals surface area contributed by atoms with Crippen LogP contribution in [0.15, 0.2) is 106 Å². The molecule has 3 aromatic carbocycles. The van der Waals surface area contributed by atoms with E-state index in [2.05, 4.69) is 5.32 Å². The van der Waals surface area contributed by atoms with Gasteiger partial charge in [-0.3, -0.25) is 14.3 Å². The third-order valence-corrected chi connectivity index (χ3v) is 9.93. The Labute approximate surface area is 266 Å². The van der Waals surface area contributed by atoms with Gasteiger partial charge in [0.1, 0.15) is 23.0 Å². The Balaban J connectivity index is 1.40. The van der Waals surface area contributed by atoms with Gasteiger partial charge in [0.05, 0.1) is 22.0 Å². The highest BCUT2D eigenvalue weighted by atomic mass is 32.2. The number of aromatic nitrogens is 4. The highest BCUT2D eigenvalue weighted by Crippen LogP contribution is 2.30. The number of anilines is 1. The maximum absolute atomic E-state index is 13.5. The Morgan fingerprint density at radius 3 is 2.26 bits per heavy atom. The van der Waals surface area contributed by atoms with Crippen molar-refractivity contribution >= 4 is 27.7 Å². The van der Waals surface area contributed by atoms with Crippen molar-refractivity contribution in [2.45, 2.75) is 24.7 Å². The fourth-order valence-electron chi connectivity index (χ4n) is 5.51. The van der Waals surface area contributed by atoms with E-state index in [1.54, 1.807) is 65.9 Å². The molecule has 5 aromatic rings. The van der Waals surface area contributed by atoms with Crippen molar-refractivity contribution in [3.8, 4) is 28.7 Å². The molecule has 1 saturated heterocycles. The number of rotatable bonds is 8. The Morgan fingerprint density at radius 2 is 1.61 bits per heavy atom. The second-order valence-corrected chi connectivity index (χ2v) is 12.9. The van der Waals surface area contributed by atoms with Crippen LogP contribution in [0.2, 0.25) is 0 Å². The largest absolute Gasteiger partial charge is 0.315 e. The molecular weight excluding hydrogens is 602 g/mol. The molecule has 6 rings (SSSR count). The zero-order valence-electron chi connectivity index (χ0n) is 25.3. The molecule has 0 spiro atoms. The zero-order valence-corrected chi connectivity index (χ0v) is 26.1. The number of nitrogens with one attached hydrogen (secondary N) is 1. The minimum Gasteiger partial charge on any atom is -0.315 e. The van der Waals surface area contributed by atoms with Gasteiger partial charge in [0.25, 0.3) is 11.5 Å². The number of hydrogen-bond acceptors (Lipinski definition) is 6. The first kappa shape index (κ1) is 30.5. The van der Waals surface area contributed by atoms with Crippen molar-refractivity contribution in [3.05, 3.63) is 118 Å². The number of para-hydroxylation sites is 2. The monoisotopic (exact) mass is 633 g/mol. The number of nitrogens with zero attached hydrogens (tertiary/aromatic N) is 6. The number of carbonyl (C=O) groups is 1. The fraction of sp³-hybridized carbons (Fsp3) is 0.176. The maximum Gasteiger partial charge on any atom is 0.295 e. The molecule has 1 amide bonds. The summed E-state index contributed by atoms with van der Waals surface area (Å²) < 4.78 is 32.9. The molecule has 0 unspecified atom stereocenters. The van der Waals surface area contributed by atoms with Crippen LogP contribution >= 0.6 is 0 Å². The summed E-state index contributed by atoms with van der Waals surface area (Å²) in [6, 6.07) is 26.8. The lowest BCUT2D eigenvalue weighted by atomic mass is 10.1. The Bertz CT molecular complexity index is 2170. The van der Waals surface area contributed by atoms with Crippen LogP contribution < -0.4 is 10.9 Å². The quantitative estimate of drug-likeness (QED) is 0.195. The molecule has 1 aliphatic rings. The lowest BCUT2D eigenvalue weighted by Crippen LogP contribution is -2.27. The molecule has 1 N–H and O–H groups in total. The van der Waals surface area contributed by atoms with E-state index in [0.717, 1.165) is 18.5 Å². The standard InChI is InChI=1S/C34H31N7O4S/c1-24-31(34(43)41(38(24)2)29-15-7-4-8-16-29)36-33(42)26(22-35)20-27-23-40(28-13-5-3-6-14-28)37-32(27)25-12-11-17-30(21-25)46(44,45)39-18-9-10-19-39/h3-8,11-17,20-21,23H,9-10,18-19H2,1-2H3,(H,36,42). The molecule has 1 aliphatic heterocycles. The normalized spacial score (nSPS) is 13.9. The van der Waals surface area contributed by atoms with Crippen LogP contribution in [-0.4, -0.2) is 50.9 Å². The summed E-state index contributed by atoms with van der Waals surface area (Å²) >= 11 is 0. The van der Waals surface area contributed by atoms with E-state index in [1.807, 2.05) is 54.6 Å². The summed E-state index contributed by atoms with van der Waals surface area (Å²) in [5, 5.41) is 17.5. The molecule has 46 heavy (non-hydrogen) atoms. The third-order valence-electron chi connectivity index (χ3n) is 8.03. The number of sulfonamides is 1. The SMILES string of the molecule is Cc1c(NC(=O)C(C#N)=Cc2cn(-c3ccccc3)nc2-c2cccc(S(=O)(=O)N3CCCC3)c2)c(=O)n(-c2ccccc2)n1C. The highest BCUT2D eigenvalue weighted by molar-refractivity contribution is 7.89. The van der Waals surface area contributed by atoms with Crippen LogP contribution in [-0.2, 0) is 21.9 Å². The van der Waals surface area contributed by atoms with Crippen LogP contribution in [0.4, 0.5) is 5.69 Å². The van der Waals surface area contributed by atoms with Gasteiger partial charge < -0.3 is 5.32 Å². The molecule has 12 heteroatoms. The first-order valence-electron chi connectivity index (χ1n) is 14.7. The predicted octanol–water partition coefficient (Wildman–Crippen LogP) is 4.67. The summed E-state index contributed by atoms with van der Waals surface area (Å²) in [4.78, 5) is 27.0. The third kappa shape index (κ3) is 5.69. The van der Waals surface area contributed by atoms with Gasteiger partial charge in [0, 0.05) is 37.5 Å². The van der Waals surface area contributed by atoms with Crippen LogP contribution in [0.3, 0.4) is 0 Å². The van der Waals surface area contributed by atoms with Crippen molar-refractivity contribution < 1.29 is 13.2 Å². The van der Waals surface area contributed by atoms with Gasteiger partial charge in [-0.1, -0.05) is 48.5 Å². The molecular formula is C34H31N7O4S. The minimum absolute atomic E-state index is 0.0533.